The molecule has 0 atom stereocenters. The summed E-state index contributed by atoms with van der Waals surface area (Å²) < 4.78 is 0. The van der Waals surface area contributed by atoms with E-state index in [1.807, 2.05) is 30.3 Å². The molecule has 0 amide bonds. The van der Waals surface area contributed by atoms with Gasteiger partial charge in [0.15, 0.2) is 0 Å². The topological polar surface area (TPSA) is 62.8 Å². The molecule has 4 heteroatoms. The molecule has 0 saturated heterocycles. The van der Waals surface area contributed by atoms with Crippen molar-refractivity contribution in [2.24, 2.45) is 5.73 Å². The number of para-hydroxylation sites is 1. The molecular formula is C13H15N3S. The van der Waals surface area contributed by atoms with E-state index in [2.05, 4.69) is 18.8 Å². The molecule has 0 radical (unpaired) electrons. The van der Waals surface area contributed by atoms with Gasteiger partial charge < -0.3 is 5.73 Å². The first-order chi connectivity index (χ1) is 8.08. The lowest BCUT2D eigenvalue weighted by Crippen LogP contribution is -2.13. The highest BCUT2D eigenvalue weighted by Crippen LogP contribution is 2.27. The zero-order valence-corrected chi connectivity index (χ0v) is 10.7. The van der Waals surface area contributed by atoms with Gasteiger partial charge in [0.2, 0.25) is 0 Å². The maximum absolute atomic E-state index is 7.62. The van der Waals surface area contributed by atoms with Crippen molar-refractivity contribution >= 4 is 28.5 Å². The van der Waals surface area contributed by atoms with Gasteiger partial charge in [-0.25, -0.2) is 4.98 Å². The Bertz CT molecular complexity index is 564. The fraction of sp³-hybridized carbons (Fsp3) is 0.231. The SMILES string of the molecule is CC(C)Sc1nc2ccccc2cc1C(=N)N. The summed E-state index contributed by atoms with van der Waals surface area (Å²) in [6, 6.07) is 9.83. The number of fused-ring (bicyclic) bond motifs is 1. The van der Waals surface area contributed by atoms with Gasteiger partial charge in [-0.15, -0.1) is 11.8 Å². The number of nitrogens with one attached hydrogen (secondary N) is 1. The van der Waals surface area contributed by atoms with Crippen molar-refractivity contribution in [3.63, 3.8) is 0 Å². The van der Waals surface area contributed by atoms with E-state index in [0.717, 1.165) is 21.5 Å². The van der Waals surface area contributed by atoms with Gasteiger partial charge in [0.05, 0.1) is 5.52 Å². The Morgan fingerprint density at radius 1 is 1.35 bits per heavy atom. The van der Waals surface area contributed by atoms with Gasteiger partial charge >= 0.3 is 0 Å². The van der Waals surface area contributed by atoms with E-state index in [1.54, 1.807) is 11.8 Å². The van der Waals surface area contributed by atoms with Crippen LogP contribution in [0.2, 0.25) is 0 Å². The van der Waals surface area contributed by atoms with Gasteiger partial charge in [-0.3, -0.25) is 5.41 Å². The summed E-state index contributed by atoms with van der Waals surface area (Å²) in [5, 5.41) is 9.90. The number of nitrogen functional groups attached to an aromatic ring is 1. The van der Waals surface area contributed by atoms with Crippen LogP contribution < -0.4 is 5.73 Å². The molecule has 0 aliphatic carbocycles. The van der Waals surface area contributed by atoms with Crippen molar-refractivity contribution < 1.29 is 0 Å². The third-order valence-electron chi connectivity index (χ3n) is 2.33. The maximum atomic E-state index is 7.62. The van der Waals surface area contributed by atoms with Crippen LogP contribution in [-0.2, 0) is 0 Å². The van der Waals surface area contributed by atoms with E-state index in [-0.39, 0.29) is 5.84 Å². The van der Waals surface area contributed by atoms with Crippen LogP contribution in [0, 0.1) is 5.41 Å². The molecule has 88 valence electrons. The zero-order chi connectivity index (χ0) is 12.4. The Hall–Kier alpha value is -1.55. The third kappa shape index (κ3) is 2.58. The predicted molar refractivity (Wildman–Crippen MR) is 73.8 cm³/mol. The highest BCUT2D eigenvalue weighted by Gasteiger charge is 2.11. The van der Waals surface area contributed by atoms with E-state index in [1.165, 1.54) is 0 Å². The smallest absolute Gasteiger partial charge is 0.125 e. The molecule has 0 bridgehead atoms. The molecular weight excluding hydrogens is 230 g/mol. The first-order valence-electron chi connectivity index (χ1n) is 5.49. The van der Waals surface area contributed by atoms with Gasteiger partial charge in [0, 0.05) is 16.2 Å². The average Bonchev–Trinajstić information content (AvgIpc) is 2.27. The van der Waals surface area contributed by atoms with E-state index in [4.69, 9.17) is 11.1 Å². The molecule has 1 aromatic carbocycles. The summed E-state index contributed by atoms with van der Waals surface area (Å²) in [6.07, 6.45) is 0. The number of thioether (sulfide) groups is 1. The number of aromatic nitrogens is 1. The second-order valence-electron chi connectivity index (χ2n) is 4.11. The number of rotatable bonds is 3. The minimum Gasteiger partial charge on any atom is -0.384 e. The molecule has 0 spiro atoms. The minimum atomic E-state index is 0.0754. The van der Waals surface area contributed by atoms with Crippen molar-refractivity contribution in [2.45, 2.75) is 24.1 Å². The summed E-state index contributed by atoms with van der Waals surface area (Å²) in [4.78, 5) is 4.58. The first kappa shape index (κ1) is 11.9. The molecule has 0 unspecified atom stereocenters. The van der Waals surface area contributed by atoms with Crippen LogP contribution in [0.1, 0.15) is 19.4 Å². The lowest BCUT2D eigenvalue weighted by molar-refractivity contribution is 1.08. The molecule has 3 nitrogen and oxygen atoms in total. The quantitative estimate of drug-likeness (QED) is 0.496. The van der Waals surface area contributed by atoms with Crippen LogP contribution in [0.5, 0.6) is 0 Å². The Morgan fingerprint density at radius 2 is 2.06 bits per heavy atom. The zero-order valence-electron chi connectivity index (χ0n) is 9.90. The van der Waals surface area contributed by atoms with E-state index < -0.39 is 0 Å². The fourth-order valence-corrected chi connectivity index (χ4v) is 2.50. The largest absolute Gasteiger partial charge is 0.384 e. The number of amidine groups is 1. The van der Waals surface area contributed by atoms with Crippen LogP contribution in [0.25, 0.3) is 10.9 Å². The maximum Gasteiger partial charge on any atom is 0.125 e. The molecule has 2 aromatic rings. The van der Waals surface area contributed by atoms with Crippen LogP contribution in [0.15, 0.2) is 35.4 Å². The summed E-state index contributed by atoms with van der Waals surface area (Å²) in [7, 11) is 0. The number of pyridine rings is 1. The van der Waals surface area contributed by atoms with Crippen molar-refractivity contribution in [2.75, 3.05) is 0 Å². The Labute approximate surface area is 105 Å². The number of hydrogen-bond donors (Lipinski definition) is 2. The molecule has 1 heterocycles. The molecule has 0 saturated carbocycles. The summed E-state index contributed by atoms with van der Waals surface area (Å²) in [6.45, 7) is 4.21. The van der Waals surface area contributed by atoms with E-state index >= 15 is 0 Å². The van der Waals surface area contributed by atoms with Crippen molar-refractivity contribution in [3.05, 3.63) is 35.9 Å². The highest BCUT2D eigenvalue weighted by molar-refractivity contribution is 7.99. The average molecular weight is 245 g/mol. The van der Waals surface area contributed by atoms with Crippen LogP contribution >= 0.6 is 11.8 Å². The van der Waals surface area contributed by atoms with Crippen LogP contribution in [0.3, 0.4) is 0 Å². The summed E-state index contributed by atoms with van der Waals surface area (Å²) in [5.74, 6) is 0.0754. The van der Waals surface area contributed by atoms with Crippen LogP contribution in [-0.4, -0.2) is 16.1 Å². The lowest BCUT2D eigenvalue weighted by atomic mass is 10.1. The molecule has 0 fully saturated rings. The van der Waals surface area contributed by atoms with Crippen LogP contribution in [0.4, 0.5) is 0 Å². The second-order valence-corrected chi connectivity index (χ2v) is 5.68. The molecule has 0 aliphatic rings. The van der Waals surface area contributed by atoms with Gasteiger partial charge in [0.25, 0.3) is 0 Å². The van der Waals surface area contributed by atoms with Crippen molar-refractivity contribution in [1.82, 2.24) is 4.98 Å². The van der Waals surface area contributed by atoms with E-state index in [9.17, 15) is 0 Å². The molecule has 3 N–H and O–H groups in total. The molecule has 0 aliphatic heterocycles. The fourth-order valence-electron chi connectivity index (χ4n) is 1.60. The lowest BCUT2D eigenvalue weighted by Gasteiger charge is -2.10. The first-order valence-corrected chi connectivity index (χ1v) is 6.36. The number of hydrogen-bond acceptors (Lipinski definition) is 3. The molecule has 2 rings (SSSR count). The summed E-state index contributed by atoms with van der Waals surface area (Å²) in [5.41, 5.74) is 7.28. The molecule has 1 aromatic heterocycles. The van der Waals surface area contributed by atoms with Crippen molar-refractivity contribution in [3.8, 4) is 0 Å². The standard InChI is InChI=1S/C13H15N3S/c1-8(2)17-13-10(12(14)15)7-9-5-3-4-6-11(9)16-13/h3-8H,1-2H3,(H3,14,15). The highest BCUT2D eigenvalue weighted by atomic mass is 32.2. The predicted octanol–water partition coefficient (Wildman–Crippen LogP) is 3.02. The minimum absolute atomic E-state index is 0.0754. The van der Waals surface area contributed by atoms with Gasteiger partial charge in [-0.05, 0) is 12.1 Å². The Morgan fingerprint density at radius 3 is 2.71 bits per heavy atom. The third-order valence-corrected chi connectivity index (χ3v) is 3.33. The Balaban J connectivity index is 2.62. The summed E-state index contributed by atoms with van der Waals surface area (Å²) >= 11 is 1.64. The second kappa shape index (κ2) is 4.75. The van der Waals surface area contributed by atoms with Gasteiger partial charge in [0.1, 0.15) is 10.9 Å². The van der Waals surface area contributed by atoms with Gasteiger partial charge in [-0.1, -0.05) is 32.0 Å². The Kier molecular flexibility index (Phi) is 3.33. The monoisotopic (exact) mass is 245 g/mol. The van der Waals surface area contributed by atoms with Gasteiger partial charge in [-0.2, -0.15) is 0 Å². The van der Waals surface area contributed by atoms with Crippen molar-refractivity contribution in [1.29, 1.82) is 5.41 Å². The van der Waals surface area contributed by atoms with E-state index in [0.29, 0.717) is 5.25 Å². The number of benzene rings is 1. The normalized spacial score (nSPS) is 11.0. The number of nitrogens with two attached hydrogens (primary N) is 1. The molecule has 17 heavy (non-hydrogen) atoms. The number of nitrogens with zero attached hydrogens (tertiary/aromatic N) is 1.